The summed E-state index contributed by atoms with van der Waals surface area (Å²) in [5.41, 5.74) is -0.690. The van der Waals surface area contributed by atoms with Crippen molar-refractivity contribution in [3.63, 3.8) is 0 Å². The second-order valence-corrected chi connectivity index (χ2v) is 9.17. The molecule has 1 aromatic rings. The van der Waals surface area contributed by atoms with Crippen molar-refractivity contribution in [1.82, 2.24) is 15.6 Å². The summed E-state index contributed by atoms with van der Waals surface area (Å²) in [5.74, 6) is 0.631. The van der Waals surface area contributed by atoms with Crippen LogP contribution in [0.1, 0.15) is 45.4 Å². The Morgan fingerprint density at radius 2 is 1.96 bits per heavy atom. The molecular formula is C18H24N4O3S. The van der Waals surface area contributed by atoms with Crippen molar-refractivity contribution in [2.45, 2.75) is 51.0 Å². The molecule has 4 bridgehead atoms. The lowest BCUT2D eigenvalue weighted by Gasteiger charge is -2.61. The van der Waals surface area contributed by atoms with Crippen LogP contribution in [0.3, 0.4) is 0 Å². The van der Waals surface area contributed by atoms with Crippen LogP contribution in [0.25, 0.3) is 0 Å². The molecule has 3 amide bonds. The summed E-state index contributed by atoms with van der Waals surface area (Å²) in [4.78, 5) is 40.8. The zero-order valence-electron chi connectivity index (χ0n) is 14.8. The summed E-state index contributed by atoms with van der Waals surface area (Å²) >= 11 is 1.34. The Morgan fingerprint density at radius 1 is 1.23 bits per heavy atom. The standard InChI is InChI=1S/C18H24N4O3S/c1-11(23)22-18-7-12-4-13(8-18)6-17(5-12,10-18)15(25)20-9-14(24)21-16-19-2-3-26-16/h2-3,12-13H,4-10H2,1H3,(H,20,25)(H,22,23)(H,19,21,24)/t12-,13+,17?,18?. The first-order valence-corrected chi connectivity index (χ1v) is 10.0. The van der Waals surface area contributed by atoms with Gasteiger partial charge < -0.3 is 16.0 Å². The predicted molar refractivity (Wildman–Crippen MR) is 97.4 cm³/mol. The van der Waals surface area contributed by atoms with Gasteiger partial charge in [0, 0.05) is 24.0 Å². The summed E-state index contributed by atoms with van der Waals surface area (Å²) in [6.45, 7) is 1.50. The number of thiazole rings is 1. The van der Waals surface area contributed by atoms with E-state index in [-0.39, 0.29) is 29.8 Å². The third kappa shape index (κ3) is 3.22. The molecule has 4 aliphatic rings. The van der Waals surface area contributed by atoms with Crippen LogP contribution in [0, 0.1) is 17.3 Å². The highest BCUT2D eigenvalue weighted by Crippen LogP contribution is 2.61. The molecule has 4 atom stereocenters. The highest BCUT2D eigenvalue weighted by Gasteiger charge is 2.60. The van der Waals surface area contributed by atoms with Crippen molar-refractivity contribution < 1.29 is 14.4 Å². The number of nitrogens with one attached hydrogen (secondary N) is 3. The maximum absolute atomic E-state index is 13.0. The van der Waals surface area contributed by atoms with Crippen LogP contribution in [-0.4, -0.2) is 34.8 Å². The topological polar surface area (TPSA) is 100 Å². The Hall–Kier alpha value is -1.96. The smallest absolute Gasteiger partial charge is 0.245 e. The van der Waals surface area contributed by atoms with E-state index in [1.807, 2.05) is 0 Å². The monoisotopic (exact) mass is 376 g/mol. The SMILES string of the molecule is CC(=O)NC12C[C@H]3C[C@@H](C1)CC(C(=O)NCC(=O)Nc1nccs1)(C3)C2. The fraction of sp³-hybridized carbons (Fsp3) is 0.667. The van der Waals surface area contributed by atoms with E-state index in [0.29, 0.717) is 23.4 Å². The van der Waals surface area contributed by atoms with Gasteiger partial charge in [-0.25, -0.2) is 4.98 Å². The Morgan fingerprint density at radius 3 is 2.58 bits per heavy atom. The average molecular weight is 376 g/mol. The number of hydrogen-bond donors (Lipinski definition) is 3. The number of amides is 3. The number of carbonyl (C=O) groups is 3. The van der Waals surface area contributed by atoms with Gasteiger partial charge in [0.15, 0.2) is 5.13 Å². The number of anilines is 1. The van der Waals surface area contributed by atoms with Crippen molar-refractivity contribution in [3.05, 3.63) is 11.6 Å². The Kier molecular flexibility index (Phi) is 4.25. The first-order valence-electron chi connectivity index (χ1n) is 9.15. The second-order valence-electron chi connectivity index (χ2n) is 8.27. The van der Waals surface area contributed by atoms with Crippen LogP contribution >= 0.6 is 11.3 Å². The third-order valence-corrected chi connectivity index (χ3v) is 6.76. The Bertz CT molecular complexity index is 719. The van der Waals surface area contributed by atoms with Gasteiger partial charge in [-0.1, -0.05) is 0 Å². The van der Waals surface area contributed by atoms with E-state index in [9.17, 15) is 14.4 Å². The summed E-state index contributed by atoms with van der Waals surface area (Å²) < 4.78 is 0. The first-order chi connectivity index (χ1) is 12.4. The van der Waals surface area contributed by atoms with E-state index in [4.69, 9.17) is 0 Å². The van der Waals surface area contributed by atoms with E-state index < -0.39 is 5.41 Å². The number of carbonyl (C=O) groups excluding carboxylic acids is 3. The fourth-order valence-electron chi connectivity index (χ4n) is 5.84. The van der Waals surface area contributed by atoms with Gasteiger partial charge in [0.1, 0.15) is 0 Å². The molecule has 8 heteroatoms. The molecule has 0 aliphatic heterocycles. The van der Waals surface area contributed by atoms with Gasteiger partial charge in [-0.15, -0.1) is 11.3 Å². The molecule has 7 nitrogen and oxygen atoms in total. The lowest BCUT2D eigenvalue weighted by atomic mass is 9.46. The largest absolute Gasteiger partial charge is 0.351 e. The fourth-order valence-corrected chi connectivity index (χ4v) is 6.39. The summed E-state index contributed by atoms with van der Waals surface area (Å²) in [7, 11) is 0. The number of hydrogen-bond acceptors (Lipinski definition) is 5. The second kappa shape index (κ2) is 6.33. The summed E-state index contributed by atoms with van der Waals surface area (Å²) in [5, 5.41) is 11.0. The van der Waals surface area contributed by atoms with Gasteiger partial charge in [0.05, 0.1) is 12.0 Å². The molecule has 2 unspecified atom stereocenters. The summed E-state index contributed by atoms with van der Waals surface area (Å²) in [6.07, 6.45) is 7.14. The molecule has 0 radical (unpaired) electrons. The van der Waals surface area contributed by atoms with Crippen LogP contribution < -0.4 is 16.0 Å². The molecule has 26 heavy (non-hydrogen) atoms. The molecular weight excluding hydrogens is 352 g/mol. The Labute approximate surface area is 156 Å². The van der Waals surface area contributed by atoms with Gasteiger partial charge >= 0.3 is 0 Å². The Balaban J connectivity index is 1.42. The van der Waals surface area contributed by atoms with Crippen molar-refractivity contribution in [3.8, 4) is 0 Å². The van der Waals surface area contributed by atoms with Gasteiger partial charge in [-0.2, -0.15) is 0 Å². The van der Waals surface area contributed by atoms with E-state index in [1.165, 1.54) is 11.3 Å². The highest BCUT2D eigenvalue weighted by molar-refractivity contribution is 7.13. The minimum Gasteiger partial charge on any atom is -0.351 e. The van der Waals surface area contributed by atoms with E-state index in [1.54, 1.807) is 18.5 Å². The maximum Gasteiger partial charge on any atom is 0.245 e. The molecule has 1 aromatic heterocycles. The van der Waals surface area contributed by atoms with Crippen LogP contribution in [-0.2, 0) is 14.4 Å². The molecule has 4 fully saturated rings. The van der Waals surface area contributed by atoms with Gasteiger partial charge in [-0.05, 0) is 50.4 Å². The number of rotatable bonds is 5. The zero-order chi connectivity index (χ0) is 18.4. The predicted octanol–water partition coefficient (Wildman–Crippen LogP) is 1.67. The lowest BCUT2D eigenvalue weighted by Crippen LogP contribution is -2.66. The number of nitrogens with zero attached hydrogens (tertiary/aromatic N) is 1. The van der Waals surface area contributed by atoms with Gasteiger partial charge in [-0.3, -0.25) is 14.4 Å². The van der Waals surface area contributed by atoms with Gasteiger partial charge in [0.25, 0.3) is 0 Å². The minimum absolute atomic E-state index is 0.0228. The van der Waals surface area contributed by atoms with Crippen molar-refractivity contribution >= 4 is 34.2 Å². The van der Waals surface area contributed by atoms with E-state index >= 15 is 0 Å². The average Bonchev–Trinajstić information content (AvgIpc) is 3.02. The summed E-state index contributed by atoms with van der Waals surface area (Å²) in [6, 6.07) is 0. The molecule has 0 spiro atoms. The quantitative estimate of drug-likeness (QED) is 0.728. The first kappa shape index (κ1) is 17.5. The van der Waals surface area contributed by atoms with Crippen LogP contribution in [0.4, 0.5) is 5.13 Å². The van der Waals surface area contributed by atoms with Crippen molar-refractivity contribution in [2.75, 3.05) is 11.9 Å². The molecule has 4 saturated carbocycles. The molecule has 1 heterocycles. The van der Waals surface area contributed by atoms with Crippen molar-refractivity contribution in [1.29, 1.82) is 0 Å². The maximum atomic E-state index is 13.0. The minimum atomic E-state index is -0.450. The zero-order valence-corrected chi connectivity index (χ0v) is 15.7. The van der Waals surface area contributed by atoms with E-state index in [2.05, 4.69) is 20.9 Å². The van der Waals surface area contributed by atoms with Crippen molar-refractivity contribution in [2.24, 2.45) is 17.3 Å². The van der Waals surface area contributed by atoms with Gasteiger partial charge in [0.2, 0.25) is 17.7 Å². The molecule has 4 aliphatic carbocycles. The molecule has 5 rings (SSSR count). The van der Waals surface area contributed by atoms with Crippen LogP contribution in [0.5, 0.6) is 0 Å². The van der Waals surface area contributed by atoms with Crippen LogP contribution in [0.15, 0.2) is 11.6 Å². The highest BCUT2D eigenvalue weighted by atomic mass is 32.1. The van der Waals surface area contributed by atoms with E-state index in [0.717, 1.165) is 32.1 Å². The molecule has 140 valence electrons. The van der Waals surface area contributed by atoms with Crippen LogP contribution in [0.2, 0.25) is 0 Å². The normalized spacial score (nSPS) is 34.3. The number of aromatic nitrogens is 1. The molecule has 0 saturated heterocycles. The molecule has 3 N–H and O–H groups in total. The lowest BCUT2D eigenvalue weighted by molar-refractivity contribution is -0.153. The third-order valence-electron chi connectivity index (χ3n) is 6.07. The molecule has 0 aromatic carbocycles.